The maximum atomic E-state index is 11.4. The summed E-state index contributed by atoms with van der Waals surface area (Å²) in [7, 11) is 1.41. The van der Waals surface area contributed by atoms with E-state index >= 15 is 0 Å². The fraction of sp³-hybridized carbons (Fsp3) is 0.353. The van der Waals surface area contributed by atoms with Crippen LogP contribution in [0.2, 0.25) is 0 Å². The van der Waals surface area contributed by atoms with Crippen molar-refractivity contribution in [2.45, 2.75) is 24.9 Å². The first-order chi connectivity index (χ1) is 11.7. The Morgan fingerprint density at radius 3 is 2.96 bits per heavy atom. The van der Waals surface area contributed by atoms with Gasteiger partial charge in [-0.05, 0) is 42.2 Å². The number of rotatable bonds is 6. The Morgan fingerprint density at radius 1 is 1.42 bits per heavy atom. The van der Waals surface area contributed by atoms with Gasteiger partial charge in [-0.2, -0.15) is 0 Å². The zero-order valence-electron chi connectivity index (χ0n) is 13.3. The molecule has 2 aromatic heterocycles. The molecule has 0 amide bonds. The molecule has 1 N–H and O–H groups in total. The van der Waals surface area contributed by atoms with Crippen LogP contribution in [-0.4, -0.2) is 34.6 Å². The van der Waals surface area contributed by atoms with Gasteiger partial charge in [0, 0.05) is 24.0 Å². The molecule has 126 valence electrons. The molecule has 0 aliphatic carbocycles. The third-order valence-corrected chi connectivity index (χ3v) is 5.34. The lowest BCUT2D eigenvalue weighted by Crippen LogP contribution is -2.30. The second-order valence-electron chi connectivity index (χ2n) is 5.52. The highest BCUT2D eigenvalue weighted by Crippen LogP contribution is 2.40. The number of thiophene rings is 1. The van der Waals surface area contributed by atoms with Crippen molar-refractivity contribution in [1.29, 1.82) is 0 Å². The first kappa shape index (κ1) is 16.9. The van der Waals surface area contributed by atoms with Crippen molar-refractivity contribution in [3.63, 3.8) is 0 Å². The number of pyridine rings is 1. The zero-order chi connectivity index (χ0) is 16.9. The fourth-order valence-corrected chi connectivity index (χ4v) is 4.12. The molecule has 5 nitrogen and oxygen atoms in total. The van der Waals surface area contributed by atoms with E-state index in [1.165, 1.54) is 12.0 Å². The van der Waals surface area contributed by atoms with Crippen LogP contribution in [0.5, 0.6) is 0 Å². The Balaban J connectivity index is 1.81. The van der Waals surface area contributed by atoms with Crippen LogP contribution in [0.1, 0.15) is 35.5 Å². The van der Waals surface area contributed by atoms with Crippen molar-refractivity contribution < 1.29 is 9.53 Å². The van der Waals surface area contributed by atoms with E-state index in [1.54, 1.807) is 17.5 Å². The third kappa shape index (κ3) is 3.57. The van der Waals surface area contributed by atoms with Gasteiger partial charge in [-0.1, -0.05) is 12.1 Å². The van der Waals surface area contributed by atoms with Crippen LogP contribution < -0.4 is 5.32 Å². The highest BCUT2D eigenvalue weighted by Gasteiger charge is 2.39. The first-order valence-electron chi connectivity index (χ1n) is 7.79. The summed E-state index contributed by atoms with van der Waals surface area (Å²) in [5.41, 5.74) is 0.966. The Kier molecular flexibility index (Phi) is 5.42. The summed E-state index contributed by atoms with van der Waals surface area (Å²) in [5.74, 6) is -0.193. The number of ether oxygens (including phenoxy) is 1. The molecule has 0 radical (unpaired) electrons. The van der Waals surface area contributed by atoms with Crippen molar-refractivity contribution in [3.05, 3.63) is 52.5 Å². The second kappa shape index (κ2) is 7.72. The molecule has 2 aromatic rings. The molecule has 3 rings (SSSR count). The molecule has 1 aliphatic rings. The van der Waals surface area contributed by atoms with E-state index in [-0.39, 0.29) is 18.1 Å². The molecule has 0 saturated carbocycles. The number of hydrogen-bond donors (Lipinski definition) is 1. The number of nitrogens with one attached hydrogen (secondary N) is 1. The molecule has 1 fully saturated rings. The van der Waals surface area contributed by atoms with E-state index in [4.69, 9.17) is 17.0 Å². The van der Waals surface area contributed by atoms with Crippen LogP contribution in [0.25, 0.3) is 0 Å². The summed E-state index contributed by atoms with van der Waals surface area (Å²) in [4.78, 5) is 19.2. The fourth-order valence-electron chi connectivity index (χ4n) is 2.91. The summed E-state index contributed by atoms with van der Waals surface area (Å²) in [6.07, 6.45) is 2.89. The number of thiocarbonyl (C=S) groups is 1. The van der Waals surface area contributed by atoms with Gasteiger partial charge in [0.2, 0.25) is 0 Å². The molecule has 1 aliphatic heterocycles. The molecular formula is C17H19N3O2S2. The van der Waals surface area contributed by atoms with Crippen molar-refractivity contribution >= 4 is 34.6 Å². The molecule has 0 bridgehead atoms. The SMILES string of the molecule is COC(=O)CCCN1C(=S)N[C@H](c2ccccn2)[C@@H]1c1cccs1. The summed E-state index contributed by atoms with van der Waals surface area (Å²) in [6.45, 7) is 0.701. The molecule has 0 aromatic carbocycles. The lowest BCUT2D eigenvalue weighted by Gasteiger charge is -2.26. The molecule has 7 heteroatoms. The normalized spacial score (nSPS) is 20.0. The van der Waals surface area contributed by atoms with Crippen LogP contribution in [0.3, 0.4) is 0 Å². The zero-order valence-corrected chi connectivity index (χ0v) is 15.0. The predicted octanol–water partition coefficient (Wildman–Crippen LogP) is 3.07. The minimum Gasteiger partial charge on any atom is -0.469 e. The number of nitrogens with zero attached hydrogens (tertiary/aromatic N) is 2. The Bertz CT molecular complexity index is 691. The number of aromatic nitrogens is 1. The number of carbonyl (C=O) groups excluding carboxylic acids is 1. The molecule has 0 spiro atoms. The third-order valence-electron chi connectivity index (χ3n) is 4.04. The summed E-state index contributed by atoms with van der Waals surface area (Å²) >= 11 is 7.26. The van der Waals surface area contributed by atoms with Gasteiger partial charge in [-0.25, -0.2) is 0 Å². The summed E-state index contributed by atoms with van der Waals surface area (Å²) in [5, 5.41) is 6.17. The van der Waals surface area contributed by atoms with E-state index in [9.17, 15) is 4.79 Å². The number of esters is 1. The van der Waals surface area contributed by atoms with Crippen molar-refractivity contribution in [2.75, 3.05) is 13.7 Å². The predicted molar refractivity (Wildman–Crippen MR) is 97.7 cm³/mol. The van der Waals surface area contributed by atoms with Gasteiger partial charge in [0.25, 0.3) is 0 Å². The Morgan fingerprint density at radius 2 is 2.29 bits per heavy atom. The van der Waals surface area contributed by atoms with Gasteiger partial charge < -0.3 is 15.0 Å². The van der Waals surface area contributed by atoms with Crippen LogP contribution in [0, 0.1) is 0 Å². The molecule has 1 saturated heterocycles. The number of hydrogen-bond acceptors (Lipinski definition) is 5. The molecule has 0 unspecified atom stereocenters. The van der Waals surface area contributed by atoms with Crippen molar-refractivity contribution in [3.8, 4) is 0 Å². The van der Waals surface area contributed by atoms with Gasteiger partial charge in [-0.3, -0.25) is 9.78 Å². The molecular weight excluding hydrogens is 342 g/mol. The maximum Gasteiger partial charge on any atom is 0.305 e. The quantitative estimate of drug-likeness (QED) is 0.630. The van der Waals surface area contributed by atoms with Crippen LogP contribution in [0.15, 0.2) is 41.9 Å². The van der Waals surface area contributed by atoms with E-state index < -0.39 is 0 Å². The lowest BCUT2D eigenvalue weighted by atomic mass is 10.0. The minimum atomic E-state index is -0.193. The van der Waals surface area contributed by atoms with E-state index in [0.29, 0.717) is 24.5 Å². The average molecular weight is 361 g/mol. The van der Waals surface area contributed by atoms with Gasteiger partial charge in [0.05, 0.1) is 24.9 Å². The summed E-state index contributed by atoms with van der Waals surface area (Å²) in [6, 6.07) is 10.2. The van der Waals surface area contributed by atoms with Crippen molar-refractivity contribution in [1.82, 2.24) is 15.2 Å². The van der Waals surface area contributed by atoms with Gasteiger partial charge >= 0.3 is 5.97 Å². The lowest BCUT2D eigenvalue weighted by molar-refractivity contribution is -0.140. The van der Waals surface area contributed by atoms with Gasteiger partial charge in [0.15, 0.2) is 5.11 Å². The number of carbonyl (C=O) groups is 1. The molecule has 3 heterocycles. The van der Waals surface area contributed by atoms with E-state index in [1.807, 2.05) is 24.3 Å². The first-order valence-corrected chi connectivity index (χ1v) is 9.08. The Labute approximate surface area is 150 Å². The monoisotopic (exact) mass is 361 g/mol. The van der Waals surface area contributed by atoms with Gasteiger partial charge in [-0.15, -0.1) is 11.3 Å². The summed E-state index contributed by atoms with van der Waals surface area (Å²) < 4.78 is 4.72. The topological polar surface area (TPSA) is 54.5 Å². The second-order valence-corrected chi connectivity index (χ2v) is 6.88. The van der Waals surface area contributed by atoms with Crippen LogP contribution in [-0.2, 0) is 9.53 Å². The van der Waals surface area contributed by atoms with E-state index in [2.05, 4.69) is 26.6 Å². The average Bonchev–Trinajstić information content (AvgIpc) is 3.24. The van der Waals surface area contributed by atoms with Crippen LogP contribution >= 0.6 is 23.6 Å². The number of methoxy groups -OCH3 is 1. The van der Waals surface area contributed by atoms with Gasteiger partial charge in [0.1, 0.15) is 0 Å². The highest BCUT2D eigenvalue weighted by molar-refractivity contribution is 7.80. The van der Waals surface area contributed by atoms with Crippen molar-refractivity contribution in [2.24, 2.45) is 0 Å². The largest absolute Gasteiger partial charge is 0.469 e. The molecule has 2 atom stereocenters. The standard InChI is InChI=1S/C17H19N3O2S2/c1-22-14(21)8-4-10-20-16(13-7-5-11-24-13)15(19-17(20)23)12-6-2-3-9-18-12/h2-3,5-7,9,11,15-16H,4,8,10H2,1H3,(H,19,23)/t15-,16+/m1/s1. The minimum absolute atomic E-state index is 0.00970. The van der Waals surface area contributed by atoms with Crippen LogP contribution in [0.4, 0.5) is 0 Å². The highest BCUT2D eigenvalue weighted by atomic mass is 32.1. The van der Waals surface area contributed by atoms with E-state index in [0.717, 1.165) is 5.69 Å². The maximum absolute atomic E-state index is 11.4. The Hall–Kier alpha value is -1.99. The molecule has 24 heavy (non-hydrogen) atoms. The smallest absolute Gasteiger partial charge is 0.305 e.